The van der Waals surface area contributed by atoms with Gasteiger partial charge in [-0.15, -0.1) is 18.2 Å². The Kier molecular flexibility index (Phi) is 10.2. The van der Waals surface area contributed by atoms with E-state index in [1.165, 1.54) is 32.0 Å². The molecule has 0 atom stereocenters. The molecule has 60 heavy (non-hydrogen) atoms. The number of hydrogen-bond acceptors (Lipinski definition) is 4. The molecule has 0 N–H and O–H groups in total. The molecule has 0 fully saturated rings. The van der Waals surface area contributed by atoms with Crippen LogP contribution in [0.15, 0.2) is 150 Å². The van der Waals surface area contributed by atoms with E-state index in [-0.39, 0.29) is 25.9 Å². The second-order valence-electron chi connectivity index (χ2n) is 16.2. The van der Waals surface area contributed by atoms with E-state index in [1.807, 2.05) is 74.6 Å². The van der Waals surface area contributed by atoms with Crippen LogP contribution in [0.1, 0.15) is 26.7 Å². The Labute approximate surface area is 369 Å². The van der Waals surface area contributed by atoms with Gasteiger partial charge in [0.1, 0.15) is 11.4 Å². The Bertz CT molecular complexity index is 3440. The molecule has 0 bridgehead atoms. The van der Waals surface area contributed by atoms with Crippen molar-refractivity contribution in [1.29, 1.82) is 0 Å². The number of furan rings is 1. The minimum absolute atomic E-state index is 0. The fourth-order valence-corrected chi connectivity index (χ4v) is 12.6. The van der Waals surface area contributed by atoms with Gasteiger partial charge in [-0.2, -0.15) is 11.3 Å². The summed E-state index contributed by atoms with van der Waals surface area (Å²) in [6, 6.07) is 52.7. The summed E-state index contributed by atoms with van der Waals surface area (Å²) in [7, 11) is 0. The van der Waals surface area contributed by atoms with Crippen LogP contribution in [0.3, 0.4) is 0 Å². The quantitative estimate of drug-likeness (QED) is 0.127. The maximum absolute atomic E-state index is 14.2. The zero-order valence-corrected chi connectivity index (χ0v) is 39.0. The molecule has 0 aliphatic carbocycles. The minimum Gasteiger partial charge on any atom is 0 e. The Hall–Kier alpha value is -5.44. The van der Waals surface area contributed by atoms with Crippen molar-refractivity contribution in [3.05, 3.63) is 169 Å². The Morgan fingerprint density at radius 2 is 1.53 bits per heavy atom. The van der Waals surface area contributed by atoms with Gasteiger partial charge in [0.15, 0.2) is 5.58 Å². The Balaban J connectivity index is 0.000000193. The third-order valence-electron chi connectivity index (χ3n) is 11.0. The number of thiophene rings is 1. The van der Waals surface area contributed by atoms with E-state index >= 15 is 0 Å². The van der Waals surface area contributed by atoms with Crippen LogP contribution < -0.4 is 4.40 Å². The number of pyridine rings is 1. The van der Waals surface area contributed by atoms with E-state index in [2.05, 4.69) is 106 Å². The van der Waals surface area contributed by atoms with E-state index < -0.39 is 19.2 Å². The number of rotatable bonds is 5. The average molecular weight is 1040 g/mol. The molecule has 0 aliphatic rings. The fourth-order valence-electron chi connectivity index (χ4n) is 8.13. The first-order valence-electron chi connectivity index (χ1n) is 20.3. The molecule has 0 amide bonds. The summed E-state index contributed by atoms with van der Waals surface area (Å²) in [6.07, 6.45) is 2.00. The number of imidazole rings is 1. The predicted molar refractivity (Wildman–Crippen MR) is 249 cm³/mol. The van der Waals surface area contributed by atoms with E-state index in [0.717, 1.165) is 71.2 Å². The van der Waals surface area contributed by atoms with E-state index in [4.69, 9.17) is 10.8 Å². The molecule has 4 aromatic heterocycles. The molecule has 8 heteroatoms. The van der Waals surface area contributed by atoms with Gasteiger partial charge in [-0.3, -0.25) is 4.98 Å². The molecule has 1 radical (unpaired) electrons. The van der Waals surface area contributed by atoms with Crippen molar-refractivity contribution >= 4 is 92.9 Å². The van der Waals surface area contributed by atoms with E-state index in [9.17, 15) is 4.39 Å². The number of benzene rings is 7. The van der Waals surface area contributed by atoms with Gasteiger partial charge in [0.25, 0.3) is 0 Å². The third kappa shape index (κ3) is 7.07. The largest absolute Gasteiger partial charge is 0 e. The summed E-state index contributed by atoms with van der Waals surface area (Å²) in [5, 5.41) is 6.30. The summed E-state index contributed by atoms with van der Waals surface area (Å²) >= 11 is -0.266. The van der Waals surface area contributed by atoms with Crippen molar-refractivity contribution in [3.63, 3.8) is 0 Å². The fraction of sp³-hybridized carbons (Fsp3) is 0.115. The second kappa shape index (κ2) is 15.9. The molecule has 0 aliphatic heterocycles. The second-order valence-corrected chi connectivity index (χ2v) is 27.8. The van der Waals surface area contributed by atoms with Gasteiger partial charge in [-0.05, 0) is 63.3 Å². The van der Waals surface area contributed by atoms with Crippen LogP contribution in [0.2, 0.25) is 17.3 Å². The van der Waals surface area contributed by atoms with Gasteiger partial charge >= 0.3 is 120 Å². The van der Waals surface area contributed by atoms with Gasteiger partial charge in [-0.25, -0.2) is 4.39 Å². The number of aromatic nitrogens is 3. The summed E-state index contributed by atoms with van der Waals surface area (Å²) in [6.45, 7) is 3.91. The van der Waals surface area contributed by atoms with E-state index in [0.29, 0.717) is 11.2 Å². The number of nitrogens with zero attached hydrogens (tertiary/aromatic N) is 3. The SMILES string of the molecule is Fc1ccc2oc3c(-n4c(-c5[c-]ccc6c5sc5ccccc56)nc5cc6ccccc6cc54)cccc3c2c1.[2H]C(C)(C)c1cc(-c2[c-]cccc2)nc[c]1[Ge]([CH3])([CH3])[CH3].[Ir]. The van der Waals surface area contributed by atoms with Crippen molar-refractivity contribution < 1.29 is 30.3 Å². The molecule has 0 saturated heterocycles. The van der Waals surface area contributed by atoms with Crippen molar-refractivity contribution in [2.24, 2.45) is 0 Å². The van der Waals surface area contributed by atoms with Gasteiger partial charge in [0, 0.05) is 35.6 Å². The first kappa shape index (κ1) is 38.7. The molecular formula is C52H40FGeIrN3OS-2. The first-order chi connectivity index (χ1) is 28.9. The standard InChI is InChI=1S/C35H18FN2OS.C17H22GeN.Ir/c36-22-15-16-31-27(19-22)24-10-6-13-29(33(24)39-31)38-30-18-21-8-2-1-7-20(21)17-28(30)37-35(38)26-12-5-11-25-23-9-3-4-14-32(23)40-34(25)26;1-13(2)15-11-17(14-9-7-6-8-10-14)19-12-16(15)18(3,4)5;/h1-11,13-19H;6-9,11-13H,1-5H3;/q2*-1;/i;13D;. The molecule has 297 valence electrons. The van der Waals surface area contributed by atoms with Crippen LogP contribution in [-0.4, -0.2) is 27.8 Å². The van der Waals surface area contributed by atoms with Crippen LogP contribution in [0, 0.1) is 17.9 Å². The van der Waals surface area contributed by atoms with Crippen LogP contribution in [0.25, 0.3) is 92.2 Å². The van der Waals surface area contributed by atoms with Gasteiger partial charge in [0.05, 0.1) is 22.5 Å². The van der Waals surface area contributed by atoms with Crippen molar-refractivity contribution in [1.82, 2.24) is 14.5 Å². The number of fused-ring (bicyclic) bond motifs is 8. The summed E-state index contributed by atoms with van der Waals surface area (Å²) in [5.74, 6) is 6.95. The third-order valence-corrected chi connectivity index (χ3v) is 16.4. The minimum atomic E-state index is -2.03. The molecule has 11 rings (SSSR count). The van der Waals surface area contributed by atoms with Crippen LogP contribution in [0.5, 0.6) is 0 Å². The maximum Gasteiger partial charge on any atom is 0 e. The molecule has 0 unspecified atom stereocenters. The normalized spacial score (nSPS) is 12.3. The van der Waals surface area contributed by atoms with E-state index in [1.54, 1.807) is 17.4 Å². The number of para-hydroxylation sites is 1. The van der Waals surface area contributed by atoms with Crippen molar-refractivity contribution in [2.75, 3.05) is 0 Å². The van der Waals surface area contributed by atoms with Crippen molar-refractivity contribution in [2.45, 2.75) is 37.0 Å². The first-order valence-corrected chi connectivity index (χ1v) is 27.9. The van der Waals surface area contributed by atoms with Crippen LogP contribution in [0.4, 0.5) is 4.39 Å². The molecular weight excluding hydrogens is 998 g/mol. The zero-order chi connectivity index (χ0) is 41.3. The molecule has 7 aromatic carbocycles. The number of hydrogen-bond donors (Lipinski definition) is 0. The average Bonchev–Trinajstić information content (AvgIpc) is 3.93. The maximum atomic E-state index is 14.2. The van der Waals surface area contributed by atoms with Gasteiger partial charge in [-0.1, -0.05) is 65.5 Å². The van der Waals surface area contributed by atoms with Crippen LogP contribution >= 0.6 is 11.3 Å². The zero-order valence-electron chi connectivity index (χ0n) is 34.7. The summed E-state index contributed by atoms with van der Waals surface area (Å²) in [5.41, 5.74) is 8.03. The van der Waals surface area contributed by atoms with Crippen molar-refractivity contribution in [3.8, 4) is 28.3 Å². The smallest absolute Gasteiger partial charge is 0 e. The molecule has 4 heterocycles. The molecule has 0 saturated carbocycles. The number of halogens is 1. The Morgan fingerprint density at radius 3 is 2.32 bits per heavy atom. The van der Waals surface area contributed by atoms with Gasteiger partial charge in [0.2, 0.25) is 0 Å². The molecule has 0 spiro atoms. The molecule has 11 aromatic rings. The monoisotopic (exact) mass is 1040 g/mol. The topological polar surface area (TPSA) is 43.9 Å². The van der Waals surface area contributed by atoms with Gasteiger partial charge < -0.3 is 8.98 Å². The summed E-state index contributed by atoms with van der Waals surface area (Å²) < 4.78 is 35.0. The predicted octanol–water partition coefficient (Wildman–Crippen LogP) is 14.3. The summed E-state index contributed by atoms with van der Waals surface area (Å²) in [4.78, 5) is 9.86. The Morgan fingerprint density at radius 1 is 0.767 bits per heavy atom. The van der Waals surface area contributed by atoms with Crippen LogP contribution in [-0.2, 0) is 20.1 Å². The molecule has 4 nitrogen and oxygen atoms in total.